The third-order valence-electron chi connectivity index (χ3n) is 2.95. The van der Waals surface area contributed by atoms with Crippen LogP contribution in [0.4, 0.5) is 0 Å². The highest BCUT2D eigenvalue weighted by Crippen LogP contribution is 2.23. The van der Waals surface area contributed by atoms with Gasteiger partial charge >= 0.3 is 5.97 Å². The maximum atomic E-state index is 11.9. The molecule has 0 aliphatic carbocycles. The Bertz CT molecular complexity index is 405. The molecule has 3 nitrogen and oxygen atoms in total. The molecule has 0 radical (unpaired) electrons. The van der Waals surface area contributed by atoms with E-state index in [0.717, 1.165) is 13.0 Å². The fourth-order valence-corrected chi connectivity index (χ4v) is 2.67. The van der Waals surface area contributed by atoms with Gasteiger partial charge in [0, 0.05) is 10.6 Å². The van der Waals surface area contributed by atoms with Gasteiger partial charge in [0.1, 0.15) is 5.54 Å². The van der Waals surface area contributed by atoms with E-state index < -0.39 is 5.54 Å². The van der Waals surface area contributed by atoms with Gasteiger partial charge in [-0.2, -0.15) is 0 Å². The third kappa shape index (κ3) is 4.88. The number of benzene rings is 1. The van der Waals surface area contributed by atoms with E-state index in [1.54, 1.807) is 11.8 Å². The van der Waals surface area contributed by atoms with Crippen LogP contribution in [0.5, 0.6) is 0 Å². The molecule has 0 saturated heterocycles. The van der Waals surface area contributed by atoms with Crippen LogP contribution in [-0.2, 0) is 9.53 Å². The molecular weight excluding hydrogens is 258 g/mol. The van der Waals surface area contributed by atoms with Gasteiger partial charge in [-0.3, -0.25) is 4.79 Å². The number of ether oxygens (including phenoxy) is 1. The second-order valence-electron chi connectivity index (χ2n) is 4.85. The number of hydrogen-bond acceptors (Lipinski definition) is 4. The lowest BCUT2D eigenvalue weighted by atomic mass is 10.1. The summed E-state index contributed by atoms with van der Waals surface area (Å²) in [7, 11) is 1.44. The summed E-state index contributed by atoms with van der Waals surface area (Å²) in [5, 5.41) is 3.28. The minimum atomic E-state index is -0.639. The number of carbonyl (C=O) groups excluding carboxylic acids is 1. The van der Waals surface area contributed by atoms with E-state index in [1.165, 1.54) is 17.6 Å². The molecule has 1 unspecified atom stereocenters. The van der Waals surface area contributed by atoms with Gasteiger partial charge in [0.05, 0.1) is 7.11 Å². The molecule has 19 heavy (non-hydrogen) atoms. The monoisotopic (exact) mass is 281 g/mol. The van der Waals surface area contributed by atoms with Gasteiger partial charge in [0.25, 0.3) is 0 Å². The molecule has 0 aliphatic heterocycles. The Morgan fingerprint density at radius 2 is 2.00 bits per heavy atom. The van der Waals surface area contributed by atoms with Crippen molar-refractivity contribution in [3.05, 3.63) is 29.8 Å². The Morgan fingerprint density at radius 1 is 1.37 bits per heavy atom. The smallest absolute Gasteiger partial charge is 0.326 e. The molecule has 0 saturated carbocycles. The standard InChI is InChI=1S/C15H23NO2S/c1-5-10-16-15(3,14(17)18-4)11-19-13-8-6-12(2)7-9-13/h6-9,16H,5,10-11H2,1-4H3. The Hall–Kier alpha value is -1.00. The first-order valence-electron chi connectivity index (χ1n) is 6.54. The second-order valence-corrected chi connectivity index (χ2v) is 5.90. The number of rotatable bonds is 7. The maximum Gasteiger partial charge on any atom is 0.326 e. The Kier molecular flexibility index (Phi) is 6.38. The predicted molar refractivity (Wildman–Crippen MR) is 80.6 cm³/mol. The van der Waals surface area contributed by atoms with E-state index >= 15 is 0 Å². The summed E-state index contributed by atoms with van der Waals surface area (Å²) >= 11 is 1.67. The first kappa shape index (κ1) is 16.1. The molecule has 1 aromatic rings. The lowest BCUT2D eigenvalue weighted by Crippen LogP contribution is -2.52. The molecule has 1 atom stereocenters. The van der Waals surface area contributed by atoms with Crippen molar-refractivity contribution in [2.45, 2.75) is 37.6 Å². The normalized spacial score (nSPS) is 13.9. The molecule has 1 rings (SSSR count). The van der Waals surface area contributed by atoms with Crippen molar-refractivity contribution < 1.29 is 9.53 Å². The summed E-state index contributed by atoms with van der Waals surface area (Å²) in [5.74, 6) is 0.448. The molecule has 0 bridgehead atoms. The lowest BCUT2D eigenvalue weighted by molar-refractivity contribution is -0.146. The van der Waals surface area contributed by atoms with Gasteiger partial charge < -0.3 is 10.1 Å². The first-order valence-corrected chi connectivity index (χ1v) is 7.53. The van der Waals surface area contributed by atoms with Crippen molar-refractivity contribution in [2.24, 2.45) is 0 Å². The summed E-state index contributed by atoms with van der Waals surface area (Å²) in [4.78, 5) is 13.1. The number of thioether (sulfide) groups is 1. The van der Waals surface area contributed by atoms with Crippen LogP contribution in [-0.4, -0.2) is 30.9 Å². The molecule has 0 amide bonds. The van der Waals surface area contributed by atoms with Crippen molar-refractivity contribution in [3.63, 3.8) is 0 Å². The lowest BCUT2D eigenvalue weighted by Gasteiger charge is -2.27. The first-order chi connectivity index (χ1) is 9.01. The van der Waals surface area contributed by atoms with E-state index in [1.807, 2.05) is 6.92 Å². The van der Waals surface area contributed by atoms with Gasteiger partial charge in [-0.1, -0.05) is 24.6 Å². The number of methoxy groups -OCH3 is 1. The molecule has 0 fully saturated rings. The maximum absolute atomic E-state index is 11.9. The van der Waals surface area contributed by atoms with Crippen molar-refractivity contribution >= 4 is 17.7 Å². The van der Waals surface area contributed by atoms with Gasteiger partial charge in [0.15, 0.2) is 0 Å². The Morgan fingerprint density at radius 3 is 2.53 bits per heavy atom. The van der Waals surface area contributed by atoms with Crippen LogP contribution < -0.4 is 5.32 Å². The molecular formula is C15H23NO2S. The zero-order valence-electron chi connectivity index (χ0n) is 12.2. The quantitative estimate of drug-likeness (QED) is 0.616. The number of carbonyl (C=O) groups is 1. The van der Waals surface area contributed by atoms with Crippen LogP contribution in [0.1, 0.15) is 25.8 Å². The molecule has 106 valence electrons. The zero-order valence-corrected chi connectivity index (χ0v) is 13.0. The van der Waals surface area contributed by atoms with Gasteiger partial charge in [0.2, 0.25) is 0 Å². The number of esters is 1. The fraction of sp³-hybridized carbons (Fsp3) is 0.533. The van der Waals surface area contributed by atoms with E-state index in [2.05, 4.69) is 43.4 Å². The molecule has 0 heterocycles. The molecule has 1 N–H and O–H groups in total. The van der Waals surface area contributed by atoms with Crippen molar-refractivity contribution in [1.82, 2.24) is 5.32 Å². The highest BCUT2D eigenvalue weighted by atomic mass is 32.2. The topological polar surface area (TPSA) is 38.3 Å². The predicted octanol–water partition coefficient (Wildman–Crippen LogP) is 3.02. The van der Waals surface area contributed by atoms with Crippen molar-refractivity contribution in [1.29, 1.82) is 0 Å². The van der Waals surface area contributed by atoms with Gasteiger partial charge in [-0.05, 0) is 38.9 Å². The number of hydrogen-bond donors (Lipinski definition) is 1. The molecule has 0 spiro atoms. The van der Waals surface area contributed by atoms with E-state index in [-0.39, 0.29) is 5.97 Å². The zero-order chi connectivity index (χ0) is 14.3. The van der Waals surface area contributed by atoms with Crippen LogP contribution in [0.25, 0.3) is 0 Å². The molecule has 0 aromatic heterocycles. The SMILES string of the molecule is CCCNC(C)(CSc1ccc(C)cc1)C(=O)OC. The highest BCUT2D eigenvalue weighted by Gasteiger charge is 2.33. The summed E-state index contributed by atoms with van der Waals surface area (Å²) in [6.07, 6.45) is 0.988. The molecule has 1 aromatic carbocycles. The van der Waals surface area contributed by atoms with Crippen LogP contribution in [0.3, 0.4) is 0 Å². The van der Waals surface area contributed by atoms with Gasteiger partial charge in [-0.25, -0.2) is 0 Å². The molecule has 4 heteroatoms. The highest BCUT2D eigenvalue weighted by molar-refractivity contribution is 7.99. The summed E-state index contributed by atoms with van der Waals surface area (Å²) in [5.41, 5.74) is 0.601. The molecule has 0 aliphatic rings. The van der Waals surface area contributed by atoms with Crippen LogP contribution >= 0.6 is 11.8 Å². The van der Waals surface area contributed by atoms with E-state index in [9.17, 15) is 4.79 Å². The number of nitrogens with one attached hydrogen (secondary N) is 1. The Labute approximate surface area is 120 Å². The summed E-state index contributed by atoms with van der Waals surface area (Å²) in [6, 6.07) is 8.32. The Balaban J connectivity index is 2.67. The number of aryl methyl sites for hydroxylation is 1. The summed E-state index contributed by atoms with van der Waals surface area (Å²) < 4.78 is 4.91. The van der Waals surface area contributed by atoms with E-state index in [0.29, 0.717) is 5.75 Å². The van der Waals surface area contributed by atoms with Crippen LogP contribution in [0.2, 0.25) is 0 Å². The minimum absolute atomic E-state index is 0.208. The van der Waals surface area contributed by atoms with Crippen LogP contribution in [0.15, 0.2) is 29.2 Å². The van der Waals surface area contributed by atoms with E-state index in [4.69, 9.17) is 4.74 Å². The third-order valence-corrected chi connectivity index (χ3v) is 4.28. The summed E-state index contributed by atoms with van der Waals surface area (Å²) in [6.45, 7) is 6.85. The average molecular weight is 281 g/mol. The van der Waals surface area contributed by atoms with Crippen molar-refractivity contribution in [3.8, 4) is 0 Å². The second kappa shape index (κ2) is 7.56. The largest absolute Gasteiger partial charge is 0.468 e. The van der Waals surface area contributed by atoms with Gasteiger partial charge in [-0.15, -0.1) is 11.8 Å². The average Bonchev–Trinajstić information content (AvgIpc) is 2.43. The fourth-order valence-electron chi connectivity index (χ4n) is 1.67. The minimum Gasteiger partial charge on any atom is -0.468 e. The van der Waals surface area contributed by atoms with Crippen LogP contribution in [0, 0.1) is 6.92 Å². The van der Waals surface area contributed by atoms with Crippen molar-refractivity contribution in [2.75, 3.05) is 19.4 Å².